The van der Waals surface area contributed by atoms with Gasteiger partial charge < -0.3 is 10.2 Å². The first-order valence-electron chi connectivity index (χ1n) is 13.9. The highest BCUT2D eigenvalue weighted by Gasteiger charge is 2.34. The second-order valence-electron chi connectivity index (χ2n) is 10.2. The molecule has 0 aliphatic heterocycles. The monoisotopic (exact) mass is 563 g/mol. The summed E-state index contributed by atoms with van der Waals surface area (Å²) in [5, 5.41) is 2.96. The number of aryl methyl sites for hydroxylation is 3. The third-order valence-electron chi connectivity index (χ3n) is 6.92. The fourth-order valence-electron chi connectivity index (χ4n) is 4.63. The molecular formula is C32H41N3O4S. The van der Waals surface area contributed by atoms with E-state index in [0.717, 1.165) is 35.1 Å². The molecule has 0 saturated heterocycles. The maximum atomic E-state index is 14.1. The molecule has 0 aromatic heterocycles. The van der Waals surface area contributed by atoms with E-state index < -0.39 is 28.5 Å². The number of amides is 2. The summed E-state index contributed by atoms with van der Waals surface area (Å²) < 4.78 is 29.1. The van der Waals surface area contributed by atoms with Crippen molar-refractivity contribution in [3.05, 3.63) is 95.1 Å². The van der Waals surface area contributed by atoms with Crippen molar-refractivity contribution < 1.29 is 18.0 Å². The third-order valence-corrected chi connectivity index (χ3v) is 8.69. The van der Waals surface area contributed by atoms with E-state index in [1.807, 2.05) is 71.0 Å². The predicted octanol–water partition coefficient (Wildman–Crippen LogP) is 5.53. The van der Waals surface area contributed by atoms with Crippen LogP contribution in [0.4, 0.5) is 5.69 Å². The minimum absolute atomic E-state index is 0.0946. The minimum Gasteiger partial charge on any atom is -0.354 e. The number of rotatable bonds is 13. The van der Waals surface area contributed by atoms with Crippen molar-refractivity contribution in [3.8, 4) is 0 Å². The molecular weight excluding hydrogens is 522 g/mol. The second kappa shape index (κ2) is 14.1. The summed E-state index contributed by atoms with van der Waals surface area (Å²) in [5.74, 6) is -0.682. The van der Waals surface area contributed by atoms with Crippen LogP contribution in [0.25, 0.3) is 0 Å². The van der Waals surface area contributed by atoms with Crippen molar-refractivity contribution in [1.29, 1.82) is 0 Å². The number of carbonyl (C=O) groups is 2. The highest BCUT2D eigenvalue weighted by Crippen LogP contribution is 2.28. The van der Waals surface area contributed by atoms with Crippen LogP contribution in [0.15, 0.2) is 77.7 Å². The van der Waals surface area contributed by atoms with Crippen LogP contribution in [0.2, 0.25) is 0 Å². The Hall–Kier alpha value is -3.65. The van der Waals surface area contributed by atoms with Crippen molar-refractivity contribution >= 4 is 27.5 Å². The van der Waals surface area contributed by atoms with Gasteiger partial charge in [-0.3, -0.25) is 13.9 Å². The Morgan fingerprint density at radius 3 is 2.12 bits per heavy atom. The van der Waals surface area contributed by atoms with Gasteiger partial charge in [-0.15, -0.1) is 0 Å². The number of carbonyl (C=O) groups excluding carboxylic acids is 2. The molecule has 3 aromatic rings. The molecule has 3 aromatic carbocycles. The van der Waals surface area contributed by atoms with Crippen LogP contribution in [0, 0.1) is 20.8 Å². The maximum Gasteiger partial charge on any atom is 0.264 e. The van der Waals surface area contributed by atoms with Crippen LogP contribution in [0.3, 0.4) is 0 Å². The average molecular weight is 564 g/mol. The number of nitrogens with one attached hydrogen (secondary N) is 1. The standard InChI is InChI=1S/C32H41N3O4S/c1-6-8-20-33-32(37)29(7-2)34(22-27-17-14-24(3)15-18-27)31(36)23-35(30-19-16-25(4)21-26(30)5)40(38,39)28-12-10-9-11-13-28/h9-19,21,29H,6-8,20,22-23H2,1-5H3,(H,33,37). The first kappa shape index (κ1) is 30.9. The first-order valence-corrected chi connectivity index (χ1v) is 15.3. The van der Waals surface area contributed by atoms with E-state index >= 15 is 0 Å². The van der Waals surface area contributed by atoms with Gasteiger partial charge in [0.15, 0.2) is 0 Å². The molecule has 1 N–H and O–H groups in total. The van der Waals surface area contributed by atoms with E-state index in [4.69, 9.17) is 0 Å². The van der Waals surface area contributed by atoms with Crippen molar-refractivity contribution in [3.63, 3.8) is 0 Å². The Labute approximate surface area is 239 Å². The molecule has 40 heavy (non-hydrogen) atoms. The minimum atomic E-state index is -4.08. The lowest BCUT2D eigenvalue weighted by molar-refractivity contribution is -0.140. The number of nitrogens with zero attached hydrogens (tertiary/aromatic N) is 2. The summed E-state index contributed by atoms with van der Waals surface area (Å²) in [6, 6.07) is 20.6. The average Bonchev–Trinajstić information content (AvgIpc) is 2.93. The van der Waals surface area contributed by atoms with Gasteiger partial charge in [-0.1, -0.05) is 86.0 Å². The Kier molecular flexibility index (Phi) is 10.9. The van der Waals surface area contributed by atoms with Gasteiger partial charge in [0.1, 0.15) is 12.6 Å². The first-order chi connectivity index (χ1) is 19.1. The van der Waals surface area contributed by atoms with Gasteiger partial charge in [0, 0.05) is 13.1 Å². The van der Waals surface area contributed by atoms with Crippen LogP contribution in [-0.4, -0.2) is 44.3 Å². The summed E-state index contributed by atoms with van der Waals surface area (Å²) in [6.45, 7) is 9.93. The lowest BCUT2D eigenvalue weighted by Gasteiger charge is -2.33. The molecule has 2 amide bonds. The van der Waals surface area contributed by atoms with Gasteiger partial charge in [0.2, 0.25) is 11.8 Å². The molecule has 0 spiro atoms. The molecule has 8 heteroatoms. The predicted molar refractivity (Wildman–Crippen MR) is 161 cm³/mol. The summed E-state index contributed by atoms with van der Waals surface area (Å²) in [7, 11) is -4.08. The van der Waals surface area contributed by atoms with Gasteiger partial charge in [-0.2, -0.15) is 0 Å². The normalized spacial score (nSPS) is 12.0. The van der Waals surface area contributed by atoms with Gasteiger partial charge in [-0.05, 0) is 62.9 Å². The quantitative estimate of drug-likeness (QED) is 0.277. The molecule has 7 nitrogen and oxygen atoms in total. The molecule has 0 heterocycles. The Balaban J connectivity index is 2.05. The Bertz CT molecular complexity index is 1390. The fourth-order valence-corrected chi connectivity index (χ4v) is 6.13. The largest absolute Gasteiger partial charge is 0.354 e. The van der Waals surface area contributed by atoms with E-state index in [-0.39, 0.29) is 17.3 Å². The topological polar surface area (TPSA) is 86.8 Å². The van der Waals surface area contributed by atoms with E-state index in [1.54, 1.807) is 24.3 Å². The number of sulfonamides is 1. The molecule has 0 bridgehead atoms. The van der Waals surface area contributed by atoms with Crippen LogP contribution < -0.4 is 9.62 Å². The number of unbranched alkanes of at least 4 members (excludes halogenated alkanes) is 1. The van der Waals surface area contributed by atoms with Crippen LogP contribution in [-0.2, 0) is 26.2 Å². The van der Waals surface area contributed by atoms with E-state index in [0.29, 0.717) is 18.7 Å². The number of hydrogen-bond acceptors (Lipinski definition) is 4. The third kappa shape index (κ3) is 7.72. The van der Waals surface area contributed by atoms with Crippen LogP contribution in [0.1, 0.15) is 55.4 Å². The summed E-state index contributed by atoms with van der Waals surface area (Å²) >= 11 is 0. The zero-order chi connectivity index (χ0) is 29.3. The van der Waals surface area contributed by atoms with Gasteiger partial charge >= 0.3 is 0 Å². The van der Waals surface area contributed by atoms with Gasteiger partial charge in [-0.25, -0.2) is 8.42 Å². The lowest BCUT2D eigenvalue weighted by atomic mass is 10.1. The molecule has 0 radical (unpaired) electrons. The molecule has 0 fully saturated rings. The van der Waals surface area contributed by atoms with Gasteiger partial charge in [0.25, 0.3) is 10.0 Å². The molecule has 0 saturated carbocycles. The summed E-state index contributed by atoms with van der Waals surface area (Å²) in [4.78, 5) is 29.0. The molecule has 1 atom stereocenters. The second-order valence-corrected chi connectivity index (χ2v) is 12.1. The fraction of sp³-hybridized carbons (Fsp3) is 0.375. The molecule has 214 valence electrons. The maximum absolute atomic E-state index is 14.1. The van der Waals surface area contributed by atoms with Gasteiger partial charge in [0.05, 0.1) is 10.6 Å². The van der Waals surface area contributed by atoms with Crippen LogP contribution in [0.5, 0.6) is 0 Å². The number of hydrogen-bond donors (Lipinski definition) is 1. The zero-order valence-electron chi connectivity index (χ0n) is 24.2. The van der Waals surface area contributed by atoms with Crippen molar-refractivity contribution in [1.82, 2.24) is 10.2 Å². The highest BCUT2D eigenvalue weighted by molar-refractivity contribution is 7.92. The zero-order valence-corrected chi connectivity index (χ0v) is 25.0. The number of anilines is 1. The Morgan fingerprint density at radius 1 is 0.875 bits per heavy atom. The number of benzene rings is 3. The van der Waals surface area contributed by atoms with E-state index in [9.17, 15) is 18.0 Å². The molecule has 0 aliphatic carbocycles. The molecule has 3 rings (SSSR count). The van der Waals surface area contributed by atoms with E-state index in [1.165, 1.54) is 21.3 Å². The molecule has 0 aliphatic rings. The van der Waals surface area contributed by atoms with Crippen molar-refractivity contribution in [2.45, 2.75) is 71.4 Å². The van der Waals surface area contributed by atoms with Crippen molar-refractivity contribution in [2.24, 2.45) is 0 Å². The van der Waals surface area contributed by atoms with Crippen molar-refractivity contribution in [2.75, 3.05) is 17.4 Å². The van der Waals surface area contributed by atoms with E-state index in [2.05, 4.69) is 5.32 Å². The smallest absolute Gasteiger partial charge is 0.264 e. The van der Waals surface area contributed by atoms with Crippen LogP contribution >= 0.6 is 0 Å². The highest BCUT2D eigenvalue weighted by atomic mass is 32.2. The summed E-state index contributed by atoms with van der Waals surface area (Å²) in [6.07, 6.45) is 2.17. The SMILES string of the molecule is CCCCNC(=O)C(CC)N(Cc1ccc(C)cc1)C(=O)CN(c1ccc(C)cc1C)S(=O)(=O)c1ccccc1. The Morgan fingerprint density at radius 2 is 1.52 bits per heavy atom. The summed E-state index contributed by atoms with van der Waals surface area (Å²) in [5.41, 5.74) is 4.10. The lowest BCUT2D eigenvalue weighted by Crippen LogP contribution is -2.52. The molecule has 1 unspecified atom stereocenters.